The molecule has 0 radical (unpaired) electrons. The number of carbonyl (C=O) groups is 1. The molecule has 2 rings (SSSR count). The van der Waals surface area contributed by atoms with Gasteiger partial charge in [-0.3, -0.25) is 15.2 Å². The van der Waals surface area contributed by atoms with Gasteiger partial charge in [0.25, 0.3) is 15.9 Å². The molecule has 100 valence electrons. The molecule has 0 unspecified atom stereocenters. The average molecular weight is 319 g/mol. The topological polar surface area (TPSA) is 101 Å². The molecular formula is C9H7ClN4O3S2. The standard InChI is InChI=1S/C9H7ClN4O3S2/c10-7-1-2-8(18-7)19(16,17)14-13-9(15)6-5-11-3-4-12-6/h1-5,14H,(H,13,15). The first kappa shape index (κ1) is 13.9. The summed E-state index contributed by atoms with van der Waals surface area (Å²) in [6, 6.07) is 2.79. The molecule has 0 saturated carbocycles. The van der Waals surface area contributed by atoms with E-state index in [4.69, 9.17) is 11.6 Å². The van der Waals surface area contributed by atoms with E-state index in [1.165, 1.54) is 30.7 Å². The Morgan fingerprint density at radius 3 is 2.68 bits per heavy atom. The molecule has 0 spiro atoms. The maximum atomic E-state index is 11.8. The Bertz CT molecular complexity index is 687. The zero-order valence-electron chi connectivity index (χ0n) is 9.20. The van der Waals surface area contributed by atoms with Crippen LogP contribution in [0.15, 0.2) is 34.9 Å². The first-order chi connectivity index (χ1) is 8.99. The number of rotatable bonds is 4. The second-order valence-electron chi connectivity index (χ2n) is 3.21. The highest BCUT2D eigenvalue weighted by Gasteiger charge is 2.18. The molecule has 2 aromatic rings. The Labute approximate surface area is 117 Å². The van der Waals surface area contributed by atoms with Gasteiger partial charge in [0, 0.05) is 12.4 Å². The number of hydrogen-bond donors (Lipinski definition) is 2. The molecule has 2 N–H and O–H groups in total. The van der Waals surface area contributed by atoms with E-state index in [0.29, 0.717) is 4.34 Å². The second-order valence-corrected chi connectivity index (χ2v) is 6.83. The fourth-order valence-electron chi connectivity index (χ4n) is 1.09. The predicted octanol–water partition coefficient (Wildman–Crippen LogP) is 0.815. The molecule has 0 saturated heterocycles. The fourth-order valence-corrected chi connectivity index (χ4v) is 3.41. The lowest BCUT2D eigenvalue weighted by molar-refractivity contribution is 0.0939. The van der Waals surface area contributed by atoms with E-state index >= 15 is 0 Å². The van der Waals surface area contributed by atoms with Crippen molar-refractivity contribution in [3.05, 3.63) is 40.8 Å². The van der Waals surface area contributed by atoms with Crippen molar-refractivity contribution in [3.8, 4) is 0 Å². The summed E-state index contributed by atoms with van der Waals surface area (Å²) in [7, 11) is -3.84. The number of nitrogens with one attached hydrogen (secondary N) is 2. The van der Waals surface area contributed by atoms with Gasteiger partial charge in [-0.15, -0.1) is 16.2 Å². The molecule has 0 fully saturated rings. The number of thiophene rings is 1. The molecule has 0 bridgehead atoms. The van der Waals surface area contributed by atoms with Crippen LogP contribution in [0.1, 0.15) is 10.5 Å². The maximum absolute atomic E-state index is 11.8. The molecular weight excluding hydrogens is 312 g/mol. The molecule has 0 aromatic carbocycles. The van der Waals surface area contributed by atoms with E-state index in [9.17, 15) is 13.2 Å². The summed E-state index contributed by atoms with van der Waals surface area (Å²) in [5.41, 5.74) is 2.03. The van der Waals surface area contributed by atoms with Crippen molar-refractivity contribution in [2.24, 2.45) is 0 Å². The molecule has 2 heterocycles. The first-order valence-corrected chi connectivity index (χ1v) is 7.50. The van der Waals surface area contributed by atoms with Crippen LogP contribution in [0, 0.1) is 0 Å². The second kappa shape index (κ2) is 5.61. The summed E-state index contributed by atoms with van der Waals surface area (Å²) in [5, 5.41) is 0. The van der Waals surface area contributed by atoms with Crippen molar-refractivity contribution >= 4 is 38.9 Å². The smallest absolute Gasteiger partial charge is 0.272 e. The van der Waals surface area contributed by atoms with Gasteiger partial charge in [0.1, 0.15) is 9.90 Å². The summed E-state index contributed by atoms with van der Waals surface area (Å²) in [5.74, 6) is -0.709. The molecule has 2 aromatic heterocycles. The highest BCUT2D eigenvalue weighted by Crippen LogP contribution is 2.24. The Morgan fingerprint density at radius 2 is 2.11 bits per heavy atom. The average Bonchev–Trinajstić information content (AvgIpc) is 2.85. The monoisotopic (exact) mass is 318 g/mol. The molecule has 19 heavy (non-hydrogen) atoms. The van der Waals surface area contributed by atoms with Crippen LogP contribution in [0.3, 0.4) is 0 Å². The van der Waals surface area contributed by atoms with Crippen molar-refractivity contribution in [1.82, 2.24) is 20.2 Å². The minimum Gasteiger partial charge on any atom is -0.272 e. The van der Waals surface area contributed by atoms with Gasteiger partial charge in [-0.1, -0.05) is 11.6 Å². The van der Waals surface area contributed by atoms with Crippen molar-refractivity contribution in [1.29, 1.82) is 0 Å². The van der Waals surface area contributed by atoms with E-state index in [2.05, 4.69) is 9.97 Å². The third-order valence-electron chi connectivity index (χ3n) is 1.91. The minimum atomic E-state index is -3.84. The fraction of sp³-hybridized carbons (Fsp3) is 0. The number of sulfonamides is 1. The Balaban J connectivity index is 2.05. The van der Waals surface area contributed by atoms with Gasteiger partial charge in [-0.2, -0.15) is 0 Å². The normalized spacial score (nSPS) is 11.2. The third kappa shape index (κ3) is 3.47. The summed E-state index contributed by atoms with van der Waals surface area (Å²) < 4.78 is 23.9. The number of aromatic nitrogens is 2. The predicted molar refractivity (Wildman–Crippen MR) is 69.1 cm³/mol. The van der Waals surface area contributed by atoms with E-state index in [1.807, 2.05) is 10.3 Å². The van der Waals surface area contributed by atoms with Crippen molar-refractivity contribution in [2.45, 2.75) is 4.21 Å². The SMILES string of the molecule is O=C(NNS(=O)(=O)c1ccc(Cl)s1)c1cnccn1. The van der Waals surface area contributed by atoms with Crippen molar-refractivity contribution < 1.29 is 13.2 Å². The van der Waals surface area contributed by atoms with Gasteiger partial charge < -0.3 is 0 Å². The number of nitrogens with zero attached hydrogens (tertiary/aromatic N) is 2. The van der Waals surface area contributed by atoms with Gasteiger partial charge in [0.15, 0.2) is 0 Å². The van der Waals surface area contributed by atoms with Crippen LogP contribution in [0.2, 0.25) is 4.34 Å². The van der Waals surface area contributed by atoms with Gasteiger partial charge in [-0.25, -0.2) is 13.4 Å². The largest absolute Gasteiger partial charge is 0.286 e. The molecule has 10 heteroatoms. The lowest BCUT2D eigenvalue weighted by Crippen LogP contribution is -2.41. The lowest BCUT2D eigenvalue weighted by atomic mass is 10.4. The van der Waals surface area contributed by atoms with E-state index < -0.39 is 15.9 Å². The Morgan fingerprint density at radius 1 is 1.32 bits per heavy atom. The number of amides is 1. The Kier molecular flexibility index (Phi) is 4.10. The van der Waals surface area contributed by atoms with Crippen LogP contribution in [0.4, 0.5) is 0 Å². The summed E-state index contributed by atoms with van der Waals surface area (Å²) in [6.07, 6.45) is 3.93. The van der Waals surface area contributed by atoms with Crippen LogP contribution in [0.25, 0.3) is 0 Å². The lowest BCUT2D eigenvalue weighted by Gasteiger charge is -2.05. The molecule has 0 aliphatic rings. The molecule has 0 aliphatic carbocycles. The number of carbonyl (C=O) groups excluding carboxylic acids is 1. The van der Waals surface area contributed by atoms with Crippen LogP contribution < -0.4 is 10.3 Å². The van der Waals surface area contributed by atoms with E-state index in [1.54, 1.807) is 0 Å². The zero-order valence-corrected chi connectivity index (χ0v) is 11.6. The molecule has 7 nitrogen and oxygen atoms in total. The van der Waals surface area contributed by atoms with Crippen LogP contribution in [-0.4, -0.2) is 24.3 Å². The minimum absolute atomic E-state index is 0.00283. The quantitative estimate of drug-likeness (QED) is 0.813. The number of hydrogen-bond acceptors (Lipinski definition) is 6. The molecule has 0 atom stereocenters. The summed E-state index contributed by atoms with van der Waals surface area (Å²) >= 11 is 6.52. The van der Waals surface area contributed by atoms with Crippen LogP contribution in [-0.2, 0) is 10.0 Å². The number of hydrazine groups is 1. The van der Waals surface area contributed by atoms with E-state index in [0.717, 1.165) is 11.3 Å². The van der Waals surface area contributed by atoms with E-state index in [-0.39, 0.29) is 9.90 Å². The maximum Gasteiger partial charge on any atom is 0.286 e. The third-order valence-corrected chi connectivity index (χ3v) is 4.88. The van der Waals surface area contributed by atoms with Crippen molar-refractivity contribution in [3.63, 3.8) is 0 Å². The zero-order chi connectivity index (χ0) is 13.9. The van der Waals surface area contributed by atoms with Gasteiger partial charge in [0.05, 0.1) is 10.5 Å². The van der Waals surface area contributed by atoms with Gasteiger partial charge in [0.2, 0.25) is 0 Å². The molecule has 0 aliphatic heterocycles. The highest BCUT2D eigenvalue weighted by atomic mass is 35.5. The first-order valence-electron chi connectivity index (χ1n) is 4.82. The summed E-state index contributed by atoms with van der Waals surface area (Å²) in [6.45, 7) is 0. The highest BCUT2D eigenvalue weighted by molar-refractivity contribution is 7.91. The van der Waals surface area contributed by atoms with Crippen molar-refractivity contribution in [2.75, 3.05) is 0 Å². The van der Waals surface area contributed by atoms with Gasteiger partial charge in [-0.05, 0) is 12.1 Å². The van der Waals surface area contributed by atoms with Crippen LogP contribution >= 0.6 is 22.9 Å². The summed E-state index contributed by atoms with van der Waals surface area (Å²) in [4.78, 5) is 20.9. The molecule has 1 amide bonds. The van der Waals surface area contributed by atoms with Gasteiger partial charge >= 0.3 is 0 Å². The number of halogens is 1. The van der Waals surface area contributed by atoms with Crippen LogP contribution in [0.5, 0.6) is 0 Å². The Hall–Kier alpha value is -1.55.